The van der Waals surface area contributed by atoms with Crippen LogP contribution in [0.25, 0.3) is 0 Å². The van der Waals surface area contributed by atoms with E-state index in [1.54, 1.807) is 18.2 Å². The molecular weight excluding hydrogens is 352 g/mol. The van der Waals surface area contributed by atoms with Gasteiger partial charge in [-0.25, -0.2) is 8.42 Å². The Balaban J connectivity index is 2.13. The highest BCUT2D eigenvalue weighted by molar-refractivity contribution is 7.89. The zero-order valence-corrected chi connectivity index (χ0v) is 15.6. The maximum absolute atomic E-state index is 12.9. The van der Waals surface area contributed by atoms with Crippen molar-refractivity contribution in [1.82, 2.24) is 9.62 Å². The van der Waals surface area contributed by atoms with Crippen LogP contribution in [0.5, 0.6) is 0 Å². The zero-order valence-electron chi connectivity index (χ0n) is 14.8. The van der Waals surface area contributed by atoms with Crippen molar-refractivity contribution in [2.45, 2.75) is 11.3 Å². The summed E-state index contributed by atoms with van der Waals surface area (Å²) in [5.41, 5.74) is 1.01. The highest BCUT2D eigenvalue weighted by Gasteiger charge is 2.26. The van der Waals surface area contributed by atoms with Crippen molar-refractivity contribution >= 4 is 15.9 Å². The highest BCUT2D eigenvalue weighted by atomic mass is 32.2. The summed E-state index contributed by atoms with van der Waals surface area (Å²) in [5.74, 6) is -0.352. The monoisotopic (exact) mass is 376 g/mol. The number of nitrogens with one attached hydrogen (secondary N) is 1. The summed E-state index contributed by atoms with van der Waals surface area (Å²) in [6, 6.07) is 17.8. The number of carbonyl (C=O) groups is 1. The normalized spacial score (nSPS) is 11.5. The van der Waals surface area contributed by atoms with E-state index in [0.717, 1.165) is 5.56 Å². The second-order valence-electron chi connectivity index (χ2n) is 5.73. The average Bonchev–Trinajstić information content (AvgIpc) is 2.66. The number of rotatable bonds is 10. The molecule has 1 N–H and O–H groups in total. The molecule has 7 heteroatoms. The van der Waals surface area contributed by atoms with Crippen molar-refractivity contribution in [2.75, 3.05) is 33.4 Å². The molecule has 0 saturated carbocycles. The number of sulfonamides is 1. The summed E-state index contributed by atoms with van der Waals surface area (Å²) in [4.78, 5) is 12.3. The molecule has 0 radical (unpaired) electrons. The SMILES string of the molecule is COCCNC(=O)CN(CCc1ccccc1)S(=O)(=O)c1ccccc1. The van der Waals surface area contributed by atoms with Crippen LogP contribution in [-0.4, -0.2) is 52.0 Å². The zero-order chi connectivity index (χ0) is 18.8. The van der Waals surface area contributed by atoms with E-state index >= 15 is 0 Å². The molecule has 1 amide bonds. The van der Waals surface area contributed by atoms with Crippen molar-refractivity contribution in [1.29, 1.82) is 0 Å². The van der Waals surface area contributed by atoms with Gasteiger partial charge < -0.3 is 10.1 Å². The first kappa shape index (κ1) is 20.1. The molecule has 0 heterocycles. The summed E-state index contributed by atoms with van der Waals surface area (Å²) in [6.45, 7) is 0.709. The minimum atomic E-state index is -3.76. The van der Waals surface area contributed by atoms with Crippen molar-refractivity contribution in [3.8, 4) is 0 Å². The number of hydrogen-bond acceptors (Lipinski definition) is 4. The van der Waals surface area contributed by atoms with E-state index < -0.39 is 10.0 Å². The van der Waals surface area contributed by atoms with Crippen molar-refractivity contribution in [3.63, 3.8) is 0 Å². The molecule has 0 spiro atoms. The van der Waals surface area contributed by atoms with Crippen LogP contribution >= 0.6 is 0 Å². The second-order valence-corrected chi connectivity index (χ2v) is 7.67. The van der Waals surface area contributed by atoms with Crippen LogP contribution < -0.4 is 5.32 Å². The third-order valence-corrected chi connectivity index (χ3v) is 5.68. The van der Waals surface area contributed by atoms with Gasteiger partial charge in [0.05, 0.1) is 18.0 Å². The molecule has 2 aromatic rings. The lowest BCUT2D eigenvalue weighted by molar-refractivity contribution is -0.121. The fourth-order valence-corrected chi connectivity index (χ4v) is 3.85. The number of hydrogen-bond donors (Lipinski definition) is 1. The molecular formula is C19H24N2O4S. The topological polar surface area (TPSA) is 75.7 Å². The van der Waals surface area contributed by atoms with E-state index in [4.69, 9.17) is 4.74 Å². The lowest BCUT2D eigenvalue weighted by Crippen LogP contribution is -2.42. The first-order valence-electron chi connectivity index (χ1n) is 8.39. The molecule has 0 aliphatic heterocycles. The Morgan fingerprint density at radius 1 is 1.04 bits per heavy atom. The number of nitrogens with zero attached hydrogens (tertiary/aromatic N) is 1. The van der Waals surface area contributed by atoms with Crippen LogP contribution in [0.3, 0.4) is 0 Å². The van der Waals surface area contributed by atoms with Crippen LogP contribution in [0.4, 0.5) is 0 Å². The quantitative estimate of drug-likeness (QED) is 0.640. The van der Waals surface area contributed by atoms with Gasteiger partial charge in [0.25, 0.3) is 0 Å². The predicted molar refractivity (Wildman–Crippen MR) is 100 cm³/mol. The van der Waals surface area contributed by atoms with E-state index in [-0.39, 0.29) is 23.9 Å². The van der Waals surface area contributed by atoms with E-state index in [1.807, 2.05) is 30.3 Å². The minimum absolute atomic E-state index is 0.178. The van der Waals surface area contributed by atoms with Crippen molar-refractivity contribution < 1.29 is 17.9 Å². The van der Waals surface area contributed by atoms with Crippen LogP contribution in [0, 0.1) is 0 Å². The summed E-state index contributed by atoms with van der Waals surface area (Å²) >= 11 is 0. The molecule has 0 aliphatic carbocycles. The average molecular weight is 376 g/mol. The number of benzene rings is 2. The molecule has 0 bridgehead atoms. The Morgan fingerprint density at radius 2 is 1.65 bits per heavy atom. The van der Waals surface area contributed by atoms with Gasteiger partial charge in [-0.3, -0.25) is 4.79 Å². The molecule has 0 atom stereocenters. The van der Waals surface area contributed by atoms with Gasteiger partial charge in [-0.05, 0) is 24.1 Å². The van der Waals surface area contributed by atoms with Crippen molar-refractivity contribution in [2.24, 2.45) is 0 Å². The van der Waals surface area contributed by atoms with Gasteiger partial charge in [-0.15, -0.1) is 0 Å². The molecule has 0 aliphatic rings. The third-order valence-electron chi connectivity index (χ3n) is 3.82. The standard InChI is InChI=1S/C19H24N2O4S/c1-25-15-13-20-19(22)16-21(14-12-17-8-4-2-5-9-17)26(23,24)18-10-6-3-7-11-18/h2-11H,12-16H2,1H3,(H,20,22). The third kappa shape index (κ3) is 5.94. The largest absolute Gasteiger partial charge is 0.383 e. The summed E-state index contributed by atoms with van der Waals surface area (Å²) in [7, 11) is -2.22. The molecule has 0 saturated heterocycles. The summed E-state index contributed by atoms with van der Waals surface area (Å²) in [5, 5.41) is 2.67. The highest BCUT2D eigenvalue weighted by Crippen LogP contribution is 2.16. The summed E-state index contributed by atoms with van der Waals surface area (Å²) < 4.78 is 32.0. The number of methoxy groups -OCH3 is 1. The first-order chi connectivity index (χ1) is 12.5. The summed E-state index contributed by atoms with van der Waals surface area (Å²) in [6.07, 6.45) is 0.526. The first-order valence-corrected chi connectivity index (χ1v) is 9.83. The van der Waals surface area contributed by atoms with Gasteiger partial charge >= 0.3 is 0 Å². The van der Waals surface area contributed by atoms with Gasteiger partial charge in [0.15, 0.2) is 0 Å². The second kappa shape index (κ2) is 10.1. The maximum Gasteiger partial charge on any atom is 0.243 e. The van der Waals surface area contributed by atoms with Gasteiger partial charge in [-0.1, -0.05) is 48.5 Å². The molecule has 26 heavy (non-hydrogen) atoms. The van der Waals surface area contributed by atoms with Gasteiger partial charge in [-0.2, -0.15) is 4.31 Å². The van der Waals surface area contributed by atoms with Crippen LogP contribution in [0.1, 0.15) is 5.56 Å². The van der Waals surface area contributed by atoms with E-state index in [2.05, 4.69) is 5.32 Å². The van der Waals surface area contributed by atoms with Gasteiger partial charge in [0.1, 0.15) is 0 Å². The molecule has 0 unspecified atom stereocenters. The van der Waals surface area contributed by atoms with Crippen molar-refractivity contribution in [3.05, 3.63) is 66.2 Å². The Morgan fingerprint density at radius 3 is 2.27 bits per heavy atom. The van der Waals surface area contributed by atoms with Crippen LogP contribution in [0.15, 0.2) is 65.6 Å². The van der Waals surface area contributed by atoms with E-state index in [9.17, 15) is 13.2 Å². The predicted octanol–water partition coefficient (Wildman–Crippen LogP) is 1.68. The molecule has 140 valence electrons. The lowest BCUT2D eigenvalue weighted by Gasteiger charge is -2.22. The van der Waals surface area contributed by atoms with Gasteiger partial charge in [0, 0.05) is 20.2 Å². The fourth-order valence-electron chi connectivity index (χ4n) is 2.43. The van der Waals surface area contributed by atoms with Gasteiger partial charge in [0.2, 0.25) is 15.9 Å². The number of carbonyl (C=O) groups excluding carboxylic acids is 1. The molecule has 0 aromatic heterocycles. The minimum Gasteiger partial charge on any atom is -0.383 e. The van der Waals surface area contributed by atoms with Crippen LogP contribution in [0.2, 0.25) is 0 Å². The van der Waals surface area contributed by atoms with E-state index in [0.29, 0.717) is 19.6 Å². The fraction of sp³-hybridized carbons (Fsp3) is 0.316. The van der Waals surface area contributed by atoms with Crippen LogP contribution in [-0.2, 0) is 26.0 Å². The maximum atomic E-state index is 12.9. The molecule has 2 aromatic carbocycles. The Labute approximate surface area is 154 Å². The number of ether oxygens (including phenoxy) is 1. The lowest BCUT2D eigenvalue weighted by atomic mass is 10.1. The number of amides is 1. The Kier molecular flexibility index (Phi) is 7.77. The smallest absolute Gasteiger partial charge is 0.243 e. The van der Waals surface area contributed by atoms with E-state index in [1.165, 1.54) is 23.5 Å². The molecule has 0 fully saturated rings. The molecule has 2 rings (SSSR count). The Bertz CT molecular complexity index is 780. The molecule has 6 nitrogen and oxygen atoms in total. The Hall–Kier alpha value is -2.22.